The van der Waals surface area contributed by atoms with E-state index in [-0.39, 0.29) is 11.9 Å². The zero-order valence-electron chi connectivity index (χ0n) is 10.3. The molecule has 86 valence electrons. The van der Waals surface area contributed by atoms with Gasteiger partial charge in [-0.1, -0.05) is 39.3 Å². The van der Waals surface area contributed by atoms with Crippen LogP contribution in [-0.2, 0) is 4.79 Å². The van der Waals surface area contributed by atoms with Gasteiger partial charge in [-0.05, 0) is 0 Å². The largest absolute Gasteiger partial charge is 0.329 e. The minimum atomic E-state index is -1.80. The molecule has 0 aromatic rings. The van der Waals surface area contributed by atoms with Gasteiger partial charge in [-0.2, -0.15) is 0 Å². The molecule has 1 saturated heterocycles. The first-order valence-electron chi connectivity index (χ1n) is 5.16. The fraction of sp³-hybridized carbons (Fsp3) is 0.778. The Morgan fingerprint density at radius 2 is 1.33 bits per heavy atom. The van der Waals surface area contributed by atoms with E-state index in [9.17, 15) is 9.59 Å². The molecule has 1 rings (SSSR count). The Labute approximate surface area is 92.8 Å². The number of amides is 3. The molecule has 1 heterocycles. The van der Waals surface area contributed by atoms with E-state index >= 15 is 0 Å². The molecule has 0 atom stereocenters. The van der Waals surface area contributed by atoms with Crippen molar-refractivity contribution in [2.75, 3.05) is 0 Å². The van der Waals surface area contributed by atoms with Crippen LogP contribution in [0.25, 0.3) is 0 Å². The molecule has 1 aliphatic heterocycles. The molecule has 0 saturated carbocycles. The van der Waals surface area contributed by atoms with Gasteiger partial charge in [0.2, 0.25) is 5.91 Å². The predicted octanol–water partition coefficient (Wildman–Crippen LogP) is 1.32. The zero-order chi connectivity index (χ0) is 12.1. The van der Waals surface area contributed by atoms with Gasteiger partial charge in [0.1, 0.15) is 0 Å². The van der Waals surface area contributed by atoms with Crippen molar-refractivity contribution in [1.29, 1.82) is 0 Å². The van der Waals surface area contributed by atoms with Crippen molar-refractivity contribution >= 4 is 28.1 Å². The Balaban J connectivity index is 3.33. The first kappa shape index (κ1) is 12.4. The SMILES string of the molecule is C[Si](C)(C)C1([Si](C)(C)C)NC(=O)NC1=O. The Hall–Kier alpha value is -0.626. The quantitative estimate of drug-likeness (QED) is 0.568. The van der Waals surface area contributed by atoms with Crippen molar-refractivity contribution in [2.45, 2.75) is 44.1 Å². The molecular formula is C9H20N2O2Si2. The molecule has 6 heteroatoms. The number of hydrogen-bond acceptors (Lipinski definition) is 2. The van der Waals surface area contributed by atoms with E-state index in [2.05, 4.69) is 49.9 Å². The molecular weight excluding hydrogens is 224 g/mol. The molecule has 1 aliphatic rings. The minimum absolute atomic E-state index is 0.106. The summed E-state index contributed by atoms with van der Waals surface area (Å²) in [7, 11) is -3.59. The Morgan fingerprint density at radius 1 is 0.933 bits per heavy atom. The summed E-state index contributed by atoms with van der Waals surface area (Å²) in [5, 5.41) is 5.32. The standard InChI is InChI=1S/C9H20N2O2Si2/c1-14(2,3)9(15(4,5)6)7(12)10-8(13)11-9/h1-6H3,(H2,10,11,12,13). The summed E-state index contributed by atoms with van der Waals surface area (Å²) in [6, 6.07) is -0.329. The normalized spacial score (nSPS) is 21.2. The molecule has 3 amide bonds. The lowest BCUT2D eigenvalue weighted by Gasteiger charge is -2.46. The Bertz CT molecular complexity index is 301. The average Bonchev–Trinajstić information content (AvgIpc) is 2.23. The second kappa shape index (κ2) is 3.18. The van der Waals surface area contributed by atoms with Crippen LogP contribution >= 0.6 is 0 Å². The smallest absolute Gasteiger partial charge is 0.321 e. The second-order valence-corrected chi connectivity index (χ2v) is 17.2. The van der Waals surface area contributed by atoms with Crippen molar-refractivity contribution in [3.8, 4) is 0 Å². The van der Waals surface area contributed by atoms with Crippen LogP contribution < -0.4 is 10.6 Å². The molecule has 1 fully saturated rings. The van der Waals surface area contributed by atoms with Crippen LogP contribution in [0.2, 0.25) is 39.3 Å². The van der Waals surface area contributed by atoms with E-state index < -0.39 is 20.9 Å². The van der Waals surface area contributed by atoms with Crippen molar-refractivity contribution in [1.82, 2.24) is 10.6 Å². The summed E-state index contributed by atoms with van der Waals surface area (Å²) < 4.78 is 0. The van der Waals surface area contributed by atoms with Crippen LogP contribution in [-0.4, -0.2) is 32.9 Å². The first-order valence-corrected chi connectivity index (χ1v) is 12.2. The highest BCUT2D eigenvalue weighted by Crippen LogP contribution is 2.33. The maximum Gasteiger partial charge on any atom is 0.321 e. The van der Waals surface area contributed by atoms with E-state index in [0.717, 1.165) is 0 Å². The third-order valence-electron chi connectivity index (χ3n) is 3.12. The van der Waals surface area contributed by atoms with Gasteiger partial charge in [-0.3, -0.25) is 10.1 Å². The summed E-state index contributed by atoms with van der Waals surface area (Å²) in [5.74, 6) is -0.106. The van der Waals surface area contributed by atoms with Gasteiger partial charge in [0.15, 0.2) is 0 Å². The van der Waals surface area contributed by atoms with Crippen molar-refractivity contribution < 1.29 is 9.59 Å². The number of urea groups is 1. The first-order chi connectivity index (χ1) is 6.52. The van der Waals surface area contributed by atoms with Gasteiger partial charge >= 0.3 is 6.03 Å². The molecule has 0 aromatic carbocycles. The predicted molar refractivity (Wildman–Crippen MR) is 66.1 cm³/mol. The molecule has 0 aliphatic carbocycles. The Morgan fingerprint density at radius 3 is 1.47 bits per heavy atom. The number of imide groups is 1. The minimum Gasteiger partial charge on any atom is -0.329 e. The van der Waals surface area contributed by atoms with Crippen LogP contribution in [0.4, 0.5) is 4.79 Å². The van der Waals surface area contributed by atoms with E-state index in [0.29, 0.717) is 0 Å². The molecule has 0 aromatic heterocycles. The topological polar surface area (TPSA) is 58.2 Å². The zero-order valence-corrected chi connectivity index (χ0v) is 12.3. The van der Waals surface area contributed by atoms with Gasteiger partial charge in [-0.25, -0.2) is 4.79 Å². The molecule has 2 N–H and O–H groups in total. The van der Waals surface area contributed by atoms with E-state index in [4.69, 9.17) is 0 Å². The Kier molecular flexibility index (Phi) is 2.64. The fourth-order valence-electron chi connectivity index (χ4n) is 2.64. The van der Waals surface area contributed by atoms with Crippen LogP contribution in [0.3, 0.4) is 0 Å². The maximum absolute atomic E-state index is 12.1. The average molecular weight is 244 g/mol. The fourth-order valence-corrected chi connectivity index (χ4v) is 14.1. The van der Waals surface area contributed by atoms with Crippen molar-refractivity contribution in [3.63, 3.8) is 0 Å². The third kappa shape index (κ3) is 1.65. The second-order valence-electron chi connectivity index (χ2n) is 6.16. The van der Waals surface area contributed by atoms with Gasteiger partial charge < -0.3 is 5.32 Å². The van der Waals surface area contributed by atoms with E-state index in [1.54, 1.807) is 0 Å². The van der Waals surface area contributed by atoms with E-state index in [1.807, 2.05) is 0 Å². The van der Waals surface area contributed by atoms with Gasteiger partial charge in [-0.15, -0.1) is 0 Å². The number of carbonyl (C=O) groups is 2. The van der Waals surface area contributed by atoms with Gasteiger partial charge in [0.05, 0.1) is 20.9 Å². The van der Waals surface area contributed by atoms with Crippen LogP contribution in [0, 0.1) is 0 Å². The summed E-state index contributed by atoms with van der Waals surface area (Å²) in [6.45, 7) is 12.8. The molecule has 0 unspecified atom stereocenters. The lowest BCUT2D eigenvalue weighted by molar-refractivity contribution is -0.119. The summed E-state index contributed by atoms with van der Waals surface area (Å²) >= 11 is 0. The van der Waals surface area contributed by atoms with Gasteiger partial charge in [0.25, 0.3) is 0 Å². The highest BCUT2D eigenvalue weighted by molar-refractivity contribution is 7.03. The molecule has 0 radical (unpaired) electrons. The summed E-state index contributed by atoms with van der Waals surface area (Å²) in [5.41, 5.74) is 0. The highest BCUT2D eigenvalue weighted by Gasteiger charge is 2.62. The van der Waals surface area contributed by atoms with Crippen LogP contribution in [0.1, 0.15) is 0 Å². The van der Waals surface area contributed by atoms with Crippen LogP contribution in [0.5, 0.6) is 0 Å². The summed E-state index contributed by atoms with van der Waals surface area (Å²) in [4.78, 5) is 22.9. The monoisotopic (exact) mass is 244 g/mol. The molecule has 15 heavy (non-hydrogen) atoms. The summed E-state index contributed by atoms with van der Waals surface area (Å²) in [6.07, 6.45) is 0. The lowest BCUT2D eigenvalue weighted by Crippen LogP contribution is -2.75. The number of nitrogens with one attached hydrogen (secondary N) is 2. The highest BCUT2D eigenvalue weighted by atomic mass is 28.4. The number of hydrogen-bond donors (Lipinski definition) is 2. The van der Waals surface area contributed by atoms with E-state index in [1.165, 1.54) is 0 Å². The van der Waals surface area contributed by atoms with Crippen molar-refractivity contribution in [3.05, 3.63) is 0 Å². The van der Waals surface area contributed by atoms with Gasteiger partial charge in [0, 0.05) is 0 Å². The maximum atomic E-state index is 12.1. The number of carbonyl (C=O) groups excluding carboxylic acids is 2. The molecule has 0 spiro atoms. The third-order valence-corrected chi connectivity index (χ3v) is 12.8. The molecule has 4 nitrogen and oxygen atoms in total. The van der Waals surface area contributed by atoms with Crippen LogP contribution in [0.15, 0.2) is 0 Å². The number of rotatable bonds is 2. The lowest BCUT2D eigenvalue weighted by atomic mass is 10.6. The molecule has 0 bridgehead atoms. The van der Waals surface area contributed by atoms with Crippen molar-refractivity contribution in [2.24, 2.45) is 0 Å².